The molecule has 0 amide bonds. The molecule has 28 heavy (non-hydrogen) atoms. The molecule has 1 aliphatic rings. The maximum absolute atomic E-state index is 13.0. The molecular formula is C22H22O6. The number of hydrogen-bond donors (Lipinski definition) is 0. The fraction of sp³-hybridized carbons (Fsp3) is 0.318. The number of rotatable bonds is 5. The molecule has 6 heteroatoms. The number of carbonyl (C=O) groups is 3. The van der Waals surface area contributed by atoms with E-state index in [2.05, 4.69) is 0 Å². The number of carbonyl (C=O) groups excluding carboxylic acids is 3. The average Bonchev–Trinajstić information content (AvgIpc) is 2.70. The Morgan fingerprint density at radius 1 is 0.929 bits per heavy atom. The van der Waals surface area contributed by atoms with Gasteiger partial charge in [0.15, 0.2) is 29.7 Å². The molecule has 2 aromatic carbocycles. The van der Waals surface area contributed by atoms with Gasteiger partial charge in [-0.05, 0) is 24.3 Å². The number of Topliss-reactive ketones (excluding diaryl/α,β-unsaturated/α-hetero) is 1. The third kappa shape index (κ3) is 4.22. The first-order valence-corrected chi connectivity index (χ1v) is 9.01. The molecule has 0 aliphatic carbocycles. The average molecular weight is 382 g/mol. The van der Waals surface area contributed by atoms with Crippen molar-refractivity contribution in [1.82, 2.24) is 0 Å². The molecule has 0 spiro atoms. The minimum Gasteiger partial charge on any atom is -0.486 e. The predicted molar refractivity (Wildman–Crippen MR) is 102 cm³/mol. The minimum absolute atomic E-state index is 0.115. The van der Waals surface area contributed by atoms with Crippen LogP contribution in [0.15, 0.2) is 42.5 Å². The molecule has 0 unspecified atom stereocenters. The molecule has 0 N–H and O–H groups in total. The normalized spacial score (nSPS) is 13.0. The second-order valence-electron chi connectivity index (χ2n) is 7.48. The molecule has 0 atom stereocenters. The minimum atomic E-state index is -0.709. The van der Waals surface area contributed by atoms with Crippen molar-refractivity contribution >= 4 is 17.5 Å². The third-order valence-corrected chi connectivity index (χ3v) is 4.37. The van der Waals surface area contributed by atoms with Gasteiger partial charge >= 0.3 is 5.97 Å². The summed E-state index contributed by atoms with van der Waals surface area (Å²) in [5.41, 5.74) is 0.0765. The van der Waals surface area contributed by atoms with Crippen molar-refractivity contribution in [1.29, 1.82) is 0 Å². The number of hydrogen-bond acceptors (Lipinski definition) is 6. The van der Waals surface area contributed by atoms with E-state index in [4.69, 9.17) is 14.2 Å². The van der Waals surface area contributed by atoms with Gasteiger partial charge in [0, 0.05) is 16.5 Å². The molecule has 1 aliphatic heterocycles. The lowest BCUT2D eigenvalue weighted by Crippen LogP contribution is -2.26. The van der Waals surface area contributed by atoms with Gasteiger partial charge in [-0.2, -0.15) is 0 Å². The summed E-state index contributed by atoms with van der Waals surface area (Å²) in [5, 5.41) is 0. The van der Waals surface area contributed by atoms with Crippen molar-refractivity contribution in [3.63, 3.8) is 0 Å². The fourth-order valence-corrected chi connectivity index (χ4v) is 2.62. The summed E-state index contributed by atoms with van der Waals surface area (Å²) >= 11 is 0. The van der Waals surface area contributed by atoms with Crippen LogP contribution in [0, 0.1) is 5.41 Å². The van der Waals surface area contributed by atoms with Gasteiger partial charge in [-0.1, -0.05) is 39.0 Å². The van der Waals surface area contributed by atoms with Crippen LogP contribution in [0.4, 0.5) is 0 Å². The van der Waals surface area contributed by atoms with E-state index in [1.807, 2.05) is 0 Å². The molecule has 2 aromatic rings. The molecule has 0 fully saturated rings. The van der Waals surface area contributed by atoms with Gasteiger partial charge in [-0.25, -0.2) is 4.79 Å². The summed E-state index contributed by atoms with van der Waals surface area (Å²) in [6.45, 7) is 5.79. The highest BCUT2D eigenvalue weighted by Gasteiger charge is 2.25. The molecule has 1 heterocycles. The molecule has 0 radical (unpaired) electrons. The maximum Gasteiger partial charge on any atom is 0.339 e. The fourth-order valence-electron chi connectivity index (χ4n) is 2.62. The summed E-state index contributed by atoms with van der Waals surface area (Å²) in [7, 11) is 0. The van der Waals surface area contributed by atoms with Gasteiger partial charge in [0.25, 0.3) is 0 Å². The van der Waals surface area contributed by atoms with E-state index in [-0.39, 0.29) is 29.3 Å². The smallest absolute Gasteiger partial charge is 0.339 e. The Morgan fingerprint density at radius 3 is 2.25 bits per heavy atom. The lowest BCUT2D eigenvalue weighted by molar-refractivity contribution is -0.129. The van der Waals surface area contributed by atoms with Gasteiger partial charge in [0.1, 0.15) is 13.2 Å². The summed E-state index contributed by atoms with van der Waals surface area (Å²) in [6, 6.07) is 11.3. The monoisotopic (exact) mass is 382 g/mol. The number of benzene rings is 2. The van der Waals surface area contributed by atoms with Gasteiger partial charge in [0.05, 0.1) is 5.56 Å². The summed E-state index contributed by atoms with van der Waals surface area (Å²) < 4.78 is 16.1. The van der Waals surface area contributed by atoms with Crippen molar-refractivity contribution in [2.45, 2.75) is 20.8 Å². The Bertz CT molecular complexity index is 923. The van der Waals surface area contributed by atoms with E-state index in [0.717, 1.165) is 0 Å². The van der Waals surface area contributed by atoms with Gasteiger partial charge in [-0.15, -0.1) is 0 Å². The second kappa shape index (κ2) is 7.84. The number of esters is 1. The summed E-state index contributed by atoms with van der Waals surface area (Å²) in [4.78, 5) is 37.5. The van der Waals surface area contributed by atoms with Crippen LogP contribution in [0.1, 0.15) is 47.1 Å². The zero-order valence-electron chi connectivity index (χ0n) is 16.1. The molecule has 6 nitrogen and oxygen atoms in total. The lowest BCUT2D eigenvalue weighted by Gasteiger charge is -2.19. The maximum atomic E-state index is 13.0. The zero-order chi connectivity index (χ0) is 20.3. The highest BCUT2D eigenvalue weighted by Crippen LogP contribution is 2.31. The predicted octanol–water partition coefficient (Wildman–Crippen LogP) is 3.46. The van der Waals surface area contributed by atoms with Crippen molar-refractivity contribution in [2.24, 2.45) is 5.41 Å². The van der Waals surface area contributed by atoms with E-state index >= 15 is 0 Å². The molecular weight excluding hydrogens is 360 g/mol. The number of ketones is 2. The van der Waals surface area contributed by atoms with Gasteiger partial charge in [0.2, 0.25) is 0 Å². The molecule has 0 bridgehead atoms. The SMILES string of the molecule is CC(C)(C)C(=O)COC(=O)c1ccccc1C(=O)c1ccc2c(c1)OCCO2. The van der Waals surface area contributed by atoms with Crippen LogP contribution >= 0.6 is 0 Å². The Labute approximate surface area is 163 Å². The highest BCUT2D eigenvalue weighted by atomic mass is 16.6. The van der Waals surface area contributed by atoms with Crippen LogP contribution < -0.4 is 9.47 Å². The Morgan fingerprint density at radius 2 is 1.57 bits per heavy atom. The van der Waals surface area contributed by atoms with Crippen LogP contribution in [0.3, 0.4) is 0 Å². The van der Waals surface area contributed by atoms with Gasteiger partial charge < -0.3 is 14.2 Å². The van der Waals surface area contributed by atoms with Crippen molar-refractivity contribution in [2.75, 3.05) is 19.8 Å². The zero-order valence-corrected chi connectivity index (χ0v) is 16.1. The van der Waals surface area contributed by atoms with Crippen LogP contribution in [-0.2, 0) is 9.53 Å². The van der Waals surface area contributed by atoms with E-state index in [0.29, 0.717) is 30.3 Å². The molecule has 0 saturated heterocycles. The van der Waals surface area contributed by atoms with Crippen LogP contribution in [0.5, 0.6) is 11.5 Å². The molecule has 0 saturated carbocycles. The van der Waals surface area contributed by atoms with Crippen LogP contribution in [-0.4, -0.2) is 37.4 Å². The van der Waals surface area contributed by atoms with E-state index in [1.54, 1.807) is 57.2 Å². The van der Waals surface area contributed by atoms with Crippen molar-refractivity contribution < 1.29 is 28.6 Å². The number of ether oxygens (including phenoxy) is 3. The third-order valence-electron chi connectivity index (χ3n) is 4.37. The largest absolute Gasteiger partial charge is 0.486 e. The van der Waals surface area contributed by atoms with Gasteiger partial charge in [-0.3, -0.25) is 9.59 Å². The van der Waals surface area contributed by atoms with Crippen molar-refractivity contribution in [3.8, 4) is 11.5 Å². The summed E-state index contributed by atoms with van der Waals surface area (Å²) in [5.74, 6) is -0.175. The van der Waals surface area contributed by atoms with E-state index < -0.39 is 11.4 Å². The first-order chi connectivity index (χ1) is 13.3. The lowest BCUT2D eigenvalue weighted by atomic mass is 9.91. The Kier molecular flexibility index (Phi) is 5.49. The topological polar surface area (TPSA) is 78.9 Å². The Balaban J connectivity index is 1.82. The first kappa shape index (κ1) is 19.6. The first-order valence-electron chi connectivity index (χ1n) is 9.01. The summed E-state index contributed by atoms with van der Waals surface area (Å²) in [6.07, 6.45) is 0. The van der Waals surface area contributed by atoms with E-state index in [1.165, 1.54) is 6.07 Å². The number of fused-ring (bicyclic) bond motifs is 1. The molecule has 0 aromatic heterocycles. The molecule has 146 valence electrons. The highest BCUT2D eigenvalue weighted by molar-refractivity contribution is 6.14. The second-order valence-corrected chi connectivity index (χ2v) is 7.48. The van der Waals surface area contributed by atoms with Crippen LogP contribution in [0.2, 0.25) is 0 Å². The Hall–Kier alpha value is -3.15. The quantitative estimate of drug-likeness (QED) is 0.582. The molecule has 3 rings (SSSR count). The standard InChI is InChI=1S/C22H22O6/c1-22(2,3)19(23)13-28-21(25)16-7-5-4-6-15(16)20(24)14-8-9-17-18(12-14)27-11-10-26-17/h4-9,12H,10-11,13H2,1-3H3. The van der Waals surface area contributed by atoms with Crippen LogP contribution in [0.25, 0.3) is 0 Å². The van der Waals surface area contributed by atoms with Crippen molar-refractivity contribution in [3.05, 3.63) is 59.2 Å². The van der Waals surface area contributed by atoms with E-state index in [9.17, 15) is 14.4 Å².